The smallest absolute Gasteiger partial charge is 0.408 e. The summed E-state index contributed by atoms with van der Waals surface area (Å²) in [7, 11) is 0. The summed E-state index contributed by atoms with van der Waals surface area (Å²) in [5.74, 6) is 0.291. The van der Waals surface area contributed by atoms with Crippen LogP contribution in [0.2, 0.25) is 0 Å². The Morgan fingerprint density at radius 2 is 2.00 bits per heavy atom. The summed E-state index contributed by atoms with van der Waals surface area (Å²) in [5, 5.41) is 2.77. The first-order valence-electron chi connectivity index (χ1n) is 8.59. The number of carbonyl (C=O) groups excluding carboxylic acids is 2. The van der Waals surface area contributed by atoms with Crippen molar-refractivity contribution in [3.63, 3.8) is 0 Å². The molecule has 0 bridgehead atoms. The Morgan fingerprint density at radius 1 is 1.30 bits per heavy atom. The highest BCUT2D eigenvalue weighted by Gasteiger charge is 2.43. The third-order valence-electron chi connectivity index (χ3n) is 4.21. The predicted octanol–water partition coefficient (Wildman–Crippen LogP) is 2.32. The van der Waals surface area contributed by atoms with Gasteiger partial charge in [-0.3, -0.25) is 4.79 Å². The average Bonchev–Trinajstić information content (AvgIpc) is 2.96. The first kappa shape index (κ1) is 18.0. The number of amides is 2. The van der Waals surface area contributed by atoms with E-state index < -0.39 is 17.7 Å². The van der Waals surface area contributed by atoms with Gasteiger partial charge in [0.2, 0.25) is 5.91 Å². The molecule has 2 saturated heterocycles. The minimum absolute atomic E-state index is 0.0115. The number of nitrogens with zero attached hydrogens (tertiary/aromatic N) is 1. The second-order valence-corrected chi connectivity index (χ2v) is 7.91. The van der Waals surface area contributed by atoms with Gasteiger partial charge in [-0.1, -0.05) is 13.8 Å². The second-order valence-electron chi connectivity index (χ2n) is 7.91. The van der Waals surface area contributed by atoms with Crippen molar-refractivity contribution in [3.05, 3.63) is 0 Å². The van der Waals surface area contributed by atoms with Crippen LogP contribution in [0, 0.1) is 5.92 Å². The molecule has 23 heavy (non-hydrogen) atoms. The maximum atomic E-state index is 12.9. The van der Waals surface area contributed by atoms with Crippen molar-refractivity contribution in [1.82, 2.24) is 10.2 Å². The van der Waals surface area contributed by atoms with E-state index in [-0.39, 0.29) is 18.1 Å². The van der Waals surface area contributed by atoms with Crippen molar-refractivity contribution in [1.29, 1.82) is 0 Å². The van der Waals surface area contributed by atoms with Crippen LogP contribution in [0.3, 0.4) is 0 Å². The van der Waals surface area contributed by atoms with Gasteiger partial charge in [0.1, 0.15) is 11.6 Å². The number of nitrogens with one attached hydrogen (secondary N) is 1. The van der Waals surface area contributed by atoms with E-state index in [1.807, 2.05) is 39.5 Å². The molecule has 2 aliphatic heterocycles. The Labute approximate surface area is 138 Å². The third-order valence-corrected chi connectivity index (χ3v) is 4.21. The van der Waals surface area contributed by atoms with Gasteiger partial charge in [0.15, 0.2) is 0 Å². The van der Waals surface area contributed by atoms with Gasteiger partial charge in [0.05, 0.1) is 12.1 Å². The van der Waals surface area contributed by atoms with Crippen LogP contribution in [-0.2, 0) is 14.3 Å². The maximum Gasteiger partial charge on any atom is 0.408 e. The van der Waals surface area contributed by atoms with Gasteiger partial charge in [-0.25, -0.2) is 4.79 Å². The van der Waals surface area contributed by atoms with Crippen molar-refractivity contribution in [2.45, 2.75) is 77.7 Å². The summed E-state index contributed by atoms with van der Waals surface area (Å²) in [6.45, 7) is 10.9. The third kappa shape index (κ3) is 4.83. The van der Waals surface area contributed by atoms with Crippen molar-refractivity contribution < 1.29 is 19.1 Å². The van der Waals surface area contributed by atoms with Crippen molar-refractivity contribution >= 4 is 12.0 Å². The molecule has 0 aliphatic carbocycles. The molecule has 0 aromatic rings. The van der Waals surface area contributed by atoms with Crippen molar-refractivity contribution in [3.8, 4) is 0 Å². The first-order valence-corrected chi connectivity index (χ1v) is 8.59. The van der Waals surface area contributed by atoms with Crippen LogP contribution < -0.4 is 5.32 Å². The van der Waals surface area contributed by atoms with Crippen LogP contribution in [0.15, 0.2) is 0 Å². The zero-order valence-corrected chi connectivity index (χ0v) is 14.9. The quantitative estimate of drug-likeness (QED) is 0.861. The molecule has 2 rings (SSSR count). The molecule has 0 spiro atoms. The number of rotatable bonds is 4. The number of carbonyl (C=O) groups is 2. The summed E-state index contributed by atoms with van der Waals surface area (Å²) < 4.78 is 11.0. The fraction of sp³-hybridized carbons (Fsp3) is 0.882. The van der Waals surface area contributed by atoms with Crippen LogP contribution in [0.4, 0.5) is 4.79 Å². The van der Waals surface area contributed by atoms with E-state index in [2.05, 4.69) is 5.32 Å². The zero-order valence-electron chi connectivity index (χ0n) is 14.9. The lowest BCUT2D eigenvalue weighted by molar-refractivity contribution is -0.134. The van der Waals surface area contributed by atoms with E-state index in [1.54, 1.807) is 0 Å². The monoisotopic (exact) mass is 326 g/mol. The van der Waals surface area contributed by atoms with E-state index in [9.17, 15) is 9.59 Å². The molecular formula is C17H30N2O4. The Morgan fingerprint density at radius 3 is 2.61 bits per heavy atom. The van der Waals surface area contributed by atoms with Gasteiger partial charge in [-0.2, -0.15) is 0 Å². The number of hydrogen-bond donors (Lipinski definition) is 1. The van der Waals surface area contributed by atoms with Gasteiger partial charge >= 0.3 is 6.09 Å². The topological polar surface area (TPSA) is 67.9 Å². The van der Waals surface area contributed by atoms with Crippen LogP contribution in [-0.4, -0.2) is 53.8 Å². The number of likely N-dealkylation sites (tertiary alicyclic amines) is 1. The number of hydrogen-bond acceptors (Lipinski definition) is 4. The highest BCUT2D eigenvalue weighted by molar-refractivity contribution is 5.86. The summed E-state index contributed by atoms with van der Waals surface area (Å²) in [6.07, 6.45) is 2.01. The van der Waals surface area contributed by atoms with Crippen molar-refractivity contribution in [2.75, 3.05) is 13.2 Å². The van der Waals surface area contributed by atoms with Crippen LogP contribution in [0.25, 0.3) is 0 Å². The summed E-state index contributed by atoms with van der Waals surface area (Å²) in [5.41, 5.74) is -0.576. The van der Waals surface area contributed by atoms with Gasteiger partial charge in [0, 0.05) is 13.2 Å². The van der Waals surface area contributed by atoms with E-state index in [1.165, 1.54) is 0 Å². The molecule has 2 aliphatic rings. The molecule has 2 fully saturated rings. The number of fused-ring (bicyclic) bond motifs is 1. The highest BCUT2D eigenvalue weighted by atomic mass is 16.6. The molecule has 3 atom stereocenters. The van der Waals surface area contributed by atoms with Crippen molar-refractivity contribution in [2.24, 2.45) is 5.92 Å². The van der Waals surface area contributed by atoms with Gasteiger partial charge in [-0.05, 0) is 46.0 Å². The van der Waals surface area contributed by atoms with Gasteiger partial charge in [0.25, 0.3) is 0 Å². The van der Waals surface area contributed by atoms with E-state index in [0.717, 1.165) is 12.8 Å². The number of ether oxygens (including phenoxy) is 2. The summed E-state index contributed by atoms with van der Waals surface area (Å²) in [6, 6.07) is -0.373. The van der Waals surface area contributed by atoms with E-state index in [4.69, 9.17) is 9.47 Å². The predicted molar refractivity (Wildman–Crippen MR) is 87.1 cm³/mol. The Hall–Kier alpha value is -1.30. The van der Waals surface area contributed by atoms with E-state index >= 15 is 0 Å². The largest absolute Gasteiger partial charge is 0.444 e. The fourth-order valence-electron chi connectivity index (χ4n) is 3.32. The Bertz CT molecular complexity index is 444. The number of alkyl carbamates (subject to hydrolysis) is 1. The summed E-state index contributed by atoms with van der Waals surface area (Å²) in [4.78, 5) is 26.9. The lowest BCUT2D eigenvalue weighted by Crippen LogP contribution is -2.51. The normalized spacial score (nSPS) is 25.4. The molecule has 0 aromatic heterocycles. The average molecular weight is 326 g/mol. The SMILES string of the molecule is CC(C)C[C@H](NC(=O)OC(C)(C)C)C(=O)N1CC[C@H]2OCC[C@H]21. The Balaban J connectivity index is 2.02. The maximum absolute atomic E-state index is 12.9. The lowest BCUT2D eigenvalue weighted by Gasteiger charge is -2.30. The molecule has 6 heteroatoms. The summed E-state index contributed by atoms with van der Waals surface area (Å²) >= 11 is 0. The fourth-order valence-corrected chi connectivity index (χ4v) is 3.32. The molecule has 0 radical (unpaired) electrons. The Kier molecular flexibility index (Phi) is 5.55. The molecule has 0 unspecified atom stereocenters. The zero-order chi connectivity index (χ0) is 17.2. The highest BCUT2D eigenvalue weighted by Crippen LogP contribution is 2.30. The van der Waals surface area contributed by atoms with Gasteiger partial charge < -0.3 is 19.7 Å². The van der Waals surface area contributed by atoms with Crippen LogP contribution in [0.5, 0.6) is 0 Å². The van der Waals surface area contributed by atoms with Crippen LogP contribution in [0.1, 0.15) is 53.9 Å². The molecule has 132 valence electrons. The first-order chi connectivity index (χ1) is 10.7. The molecule has 0 saturated carbocycles. The standard InChI is InChI=1S/C17H30N2O4/c1-11(2)10-12(18-16(21)23-17(3,4)5)15(20)19-8-6-14-13(19)7-9-22-14/h11-14H,6-10H2,1-5H3,(H,18,21)/t12-,13+,14+/m0/s1. The molecule has 6 nitrogen and oxygen atoms in total. The molecule has 2 heterocycles. The second kappa shape index (κ2) is 7.07. The molecular weight excluding hydrogens is 296 g/mol. The molecule has 1 N–H and O–H groups in total. The van der Waals surface area contributed by atoms with E-state index in [0.29, 0.717) is 25.5 Å². The minimum atomic E-state index is -0.576. The lowest BCUT2D eigenvalue weighted by atomic mass is 10.0. The van der Waals surface area contributed by atoms with Gasteiger partial charge in [-0.15, -0.1) is 0 Å². The van der Waals surface area contributed by atoms with Crippen LogP contribution >= 0.6 is 0 Å². The molecule has 0 aromatic carbocycles. The molecule has 2 amide bonds. The minimum Gasteiger partial charge on any atom is -0.444 e.